The highest BCUT2D eigenvalue weighted by Crippen LogP contribution is 2.36. The zero-order valence-electron chi connectivity index (χ0n) is 19.4. The first-order chi connectivity index (χ1) is 17.2. The van der Waals surface area contributed by atoms with Gasteiger partial charge in [-0.1, -0.05) is 12.1 Å². The maximum atomic E-state index is 13.4. The van der Waals surface area contributed by atoms with Crippen molar-refractivity contribution in [3.05, 3.63) is 66.5 Å². The predicted octanol–water partition coefficient (Wildman–Crippen LogP) is 3.49. The monoisotopic (exact) mass is 471 g/mol. The van der Waals surface area contributed by atoms with E-state index >= 15 is 0 Å². The molecule has 2 aliphatic rings. The fourth-order valence-electron chi connectivity index (χ4n) is 4.63. The van der Waals surface area contributed by atoms with Gasteiger partial charge in [-0.3, -0.25) is 4.79 Å². The van der Waals surface area contributed by atoms with Crippen LogP contribution in [0.5, 0.6) is 17.2 Å². The van der Waals surface area contributed by atoms with Gasteiger partial charge in [-0.25, -0.2) is 9.50 Å². The Morgan fingerprint density at radius 3 is 2.71 bits per heavy atom. The van der Waals surface area contributed by atoms with E-state index in [2.05, 4.69) is 21.0 Å². The van der Waals surface area contributed by atoms with E-state index < -0.39 is 0 Å². The summed E-state index contributed by atoms with van der Waals surface area (Å²) in [5.74, 6) is 2.23. The molecule has 1 saturated heterocycles. The molecule has 1 amide bonds. The van der Waals surface area contributed by atoms with Crippen LogP contribution in [0.25, 0.3) is 16.9 Å². The molecule has 9 heteroatoms. The van der Waals surface area contributed by atoms with Gasteiger partial charge >= 0.3 is 0 Å². The van der Waals surface area contributed by atoms with Gasteiger partial charge < -0.3 is 24.0 Å². The summed E-state index contributed by atoms with van der Waals surface area (Å²) in [6.45, 7) is 5.49. The van der Waals surface area contributed by atoms with Crippen molar-refractivity contribution in [2.45, 2.75) is 6.92 Å². The van der Waals surface area contributed by atoms with Crippen molar-refractivity contribution in [3.8, 4) is 28.5 Å². The van der Waals surface area contributed by atoms with Gasteiger partial charge in [0.2, 0.25) is 6.79 Å². The average Bonchev–Trinajstić information content (AvgIpc) is 3.55. The maximum absolute atomic E-state index is 13.4. The lowest BCUT2D eigenvalue weighted by atomic mass is 10.1. The van der Waals surface area contributed by atoms with Gasteiger partial charge in [0.15, 0.2) is 17.1 Å². The third-order valence-corrected chi connectivity index (χ3v) is 6.37. The van der Waals surface area contributed by atoms with E-state index in [-0.39, 0.29) is 12.7 Å². The first kappa shape index (κ1) is 21.3. The number of anilines is 1. The molecule has 0 aliphatic carbocycles. The SMILES string of the molecule is CCOc1ccccc1N1CCN(C(=O)c2cnn3c(-c4ccc5c(c4)OCO5)ccnc23)CC1. The van der Waals surface area contributed by atoms with E-state index in [1.54, 1.807) is 16.9 Å². The van der Waals surface area contributed by atoms with Crippen LogP contribution < -0.4 is 19.1 Å². The second-order valence-electron chi connectivity index (χ2n) is 8.37. The number of nitrogens with zero attached hydrogens (tertiary/aromatic N) is 5. The molecule has 0 N–H and O–H groups in total. The summed E-state index contributed by atoms with van der Waals surface area (Å²) in [4.78, 5) is 22.1. The van der Waals surface area contributed by atoms with Crippen LogP contribution >= 0.6 is 0 Å². The van der Waals surface area contributed by atoms with Gasteiger partial charge in [-0.15, -0.1) is 0 Å². The lowest BCUT2D eigenvalue weighted by Gasteiger charge is -2.36. The second kappa shape index (κ2) is 8.83. The number of ether oxygens (including phenoxy) is 3. The standard InChI is InChI=1S/C26H25N5O4/c1-2-33-22-6-4-3-5-21(22)29-11-13-30(14-12-29)26(32)19-16-28-31-20(9-10-27-25(19)31)18-7-8-23-24(15-18)35-17-34-23/h3-10,15-16H,2,11-14,17H2,1H3. The largest absolute Gasteiger partial charge is 0.492 e. The Kier molecular flexibility index (Phi) is 5.36. The molecule has 4 heterocycles. The normalized spacial score (nSPS) is 15.0. The minimum absolute atomic E-state index is 0.0620. The molecule has 0 radical (unpaired) electrons. The lowest BCUT2D eigenvalue weighted by Crippen LogP contribution is -2.48. The lowest BCUT2D eigenvalue weighted by molar-refractivity contribution is 0.0748. The molecule has 1 fully saturated rings. The minimum atomic E-state index is -0.0620. The van der Waals surface area contributed by atoms with E-state index in [0.717, 1.165) is 41.5 Å². The van der Waals surface area contributed by atoms with Gasteiger partial charge in [0.25, 0.3) is 5.91 Å². The van der Waals surface area contributed by atoms with Crippen molar-refractivity contribution in [1.82, 2.24) is 19.5 Å². The number of benzene rings is 2. The van der Waals surface area contributed by atoms with Gasteiger partial charge in [0.1, 0.15) is 11.3 Å². The Balaban J connectivity index is 1.22. The second-order valence-corrected chi connectivity index (χ2v) is 8.37. The van der Waals surface area contributed by atoms with Crippen LogP contribution in [0.1, 0.15) is 17.3 Å². The molecule has 0 atom stereocenters. The Morgan fingerprint density at radius 1 is 1.03 bits per heavy atom. The number of aromatic nitrogens is 3. The van der Waals surface area contributed by atoms with Gasteiger partial charge in [-0.2, -0.15) is 5.10 Å². The highest BCUT2D eigenvalue weighted by atomic mass is 16.7. The first-order valence-electron chi connectivity index (χ1n) is 11.7. The molecule has 0 spiro atoms. The smallest absolute Gasteiger partial charge is 0.259 e. The van der Waals surface area contributed by atoms with Crippen molar-refractivity contribution in [2.24, 2.45) is 0 Å². The summed E-state index contributed by atoms with van der Waals surface area (Å²) >= 11 is 0. The zero-order valence-corrected chi connectivity index (χ0v) is 19.4. The maximum Gasteiger partial charge on any atom is 0.259 e. The minimum Gasteiger partial charge on any atom is -0.492 e. The van der Waals surface area contributed by atoms with Crippen LogP contribution in [0, 0.1) is 0 Å². The van der Waals surface area contributed by atoms with Crippen molar-refractivity contribution < 1.29 is 19.0 Å². The quantitative estimate of drug-likeness (QED) is 0.441. The molecule has 6 rings (SSSR count). The molecule has 178 valence electrons. The fourth-order valence-corrected chi connectivity index (χ4v) is 4.63. The summed E-state index contributed by atoms with van der Waals surface area (Å²) in [5.41, 5.74) is 3.83. The number of amides is 1. The van der Waals surface area contributed by atoms with E-state index in [9.17, 15) is 4.79 Å². The van der Waals surface area contributed by atoms with Crippen molar-refractivity contribution in [1.29, 1.82) is 0 Å². The predicted molar refractivity (Wildman–Crippen MR) is 130 cm³/mol. The number of fused-ring (bicyclic) bond motifs is 2. The third-order valence-electron chi connectivity index (χ3n) is 6.37. The molecule has 2 aliphatic heterocycles. The van der Waals surface area contributed by atoms with Crippen LogP contribution in [-0.4, -0.2) is 65.0 Å². The summed E-state index contributed by atoms with van der Waals surface area (Å²) in [7, 11) is 0. The molecule has 2 aromatic heterocycles. The fraction of sp³-hybridized carbons (Fsp3) is 0.269. The molecular formula is C26H25N5O4. The van der Waals surface area contributed by atoms with Crippen LogP contribution in [0.15, 0.2) is 60.9 Å². The Morgan fingerprint density at radius 2 is 1.86 bits per heavy atom. The van der Waals surface area contributed by atoms with Gasteiger partial charge in [-0.05, 0) is 43.3 Å². The van der Waals surface area contributed by atoms with Crippen molar-refractivity contribution >= 4 is 17.2 Å². The number of hydrogen-bond acceptors (Lipinski definition) is 7. The molecule has 2 aromatic carbocycles. The van der Waals surface area contributed by atoms with E-state index in [4.69, 9.17) is 14.2 Å². The van der Waals surface area contributed by atoms with Crippen molar-refractivity contribution in [2.75, 3.05) is 44.5 Å². The summed E-state index contributed by atoms with van der Waals surface area (Å²) in [6, 6.07) is 15.7. The Bertz CT molecular complexity index is 1390. The number of para-hydroxylation sites is 2. The number of piperazine rings is 1. The van der Waals surface area contributed by atoms with Crippen LogP contribution in [0.4, 0.5) is 5.69 Å². The van der Waals surface area contributed by atoms with Crippen LogP contribution in [0.3, 0.4) is 0 Å². The van der Waals surface area contributed by atoms with Gasteiger partial charge in [0.05, 0.1) is 24.2 Å². The highest BCUT2D eigenvalue weighted by Gasteiger charge is 2.27. The first-order valence-corrected chi connectivity index (χ1v) is 11.7. The van der Waals surface area contributed by atoms with Crippen molar-refractivity contribution in [3.63, 3.8) is 0 Å². The molecule has 0 saturated carbocycles. The van der Waals surface area contributed by atoms with E-state index in [1.165, 1.54) is 0 Å². The zero-order chi connectivity index (χ0) is 23.8. The summed E-state index contributed by atoms with van der Waals surface area (Å²) in [5, 5.41) is 4.51. The molecule has 4 aromatic rings. The Hall–Kier alpha value is -4.27. The number of carbonyl (C=O) groups is 1. The molecule has 0 unspecified atom stereocenters. The molecular weight excluding hydrogens is 446 g/mol. The van der Waals surface area contributed by atoms with E-state index in [0.29, 0.717) is 36.7 Å². The number of hydrogen-bond donors (Lipinski definition) is 0. The number of rotatable bonds is 5. The summed E-state index contributed by atoms with van der Waals surface area (Å²) in [6.07, 6.45) is 3.31. The van der Waals surface area contributed by atoms with Gasteiger partial charge in [0, 0.05) is 37.9 Å². The highest BCUT2D eigenvalue weighted by molar-refractivity contribution is 6.00. The topological polar surface area (TPSA) is 81.4 Å². The Labute approximate surface area is 202 Å². The molecule has 0 bridgehead atoms. The molecule has 9 nitrogen and oxygen atoms in total. The summed E-state index contributed by atoms with van der Waals surface area (Å²) < 4.78 is 18.4. The average molecular weight is 472 g/mol. The number of carbonyl (C=O) groups excluding carboxylic acids is 1. The van der Waals surface area contributed by atoms with Crippen LogP contribution in [-0.2, 0) is 0 Å². The third kappa shape index (κ3) is 3.78. The molecule has 35 heavy (non-hydrogen) atoms. The van der Waals surface area contributed by atoms with Crippen LogP contribution in [0.2, 0.25) is 0 Å². The van der Waals surface area contributed by atoms with E-state index in [1.807, 2.05) is 54.3 Å².